The van der Waals surface area contributed by atoms with Gasteiger partial charge in [0.25, 0.3) is 5.91 Å². The number of benzene rings is 1. The molecule has 4 heteroatoms. The van der Waals surface area contributed by atoms with E-state index in [0.717, 1.165) is 49.1 Å². The average molecular weight is 364 g/mol. The van der Waals surface area contributed by atoms with Crippen LogP contribution in [0.3, 0.4) is 0 Å². The number of hydrogen-bond acceptors (Lipinski definition) is 3. The number of aryl methyl sites for hydroxylation is 1. The van der Waals surface area contributed by atoms with Gasteiger partial charge in [-0.1, -0.05) is 47.0 Å². The largest absolute Gasteiger partial charge is 0.493 e. The van der Waals surface area contributed by atoms with Gasteiger partial charge in [0.1, 0.15) is 11.4 Å². The van der Waals surface area contributed by atoms with Crippen molar-refractivity contribution in [3.8, 4) is 5.75 Å². The molecule has 1 atom stereocenters. The van der Waals surface area contributed by atoms with Crippen LogP contribution < -0.4 is 10.1 Å². The van der Waals surface area contributed by atoms with E-state index >= 15 is 0 Å². The first-order chi connectivity index (χ1) is 12.3. The Morgan fingerprint density at radius 1 is 1.19 bits per heavy atom. The number of hydrogen-bond donors (Lipinski definition) is 1. The molecule has 1 N–H and O–H groups in total. The zero-order valence-corrected chi connectivity index (χ0v) is 17.5. The molecule has 0 aromatic heterocycles. The van der Waals surface area contributed by atoms with Gasteiger partial charge in [0, 0.05) is 12.3 Å². The third-order valence-corrected chi connectivity index (χ3v) is 4.37. The Morgan fingerprint density at radius 3 is 2.50 bits per heavy atom. The molecule has 0 fully saturated rings. The van der Waals surface area contributed by atoms with Crippen molar-refractivity contribution >= 4 is 11.6 Å². The van der Waals surface area contributed by atoms with Crippen LogP contribution in [0.15, 0.2) is 18.2 Å². The standard InChI is InChI=1S/C22H37NO3/c1-7-9-10-13-22(6,26-14-8-2)21(24)23-19-11-12-20(18(5)15-19)25-16-17(3)4/h11-12,15,17H,7-10,13-14,16H2,1-6H3,(H,23,24). The monoisotopic (exact) mass is 363 g/mol. The second-order valence-electron chi connectivity index (χ2n) is 7.68. The number of ether oxygens (including phenoxy) is 2. The Balaban J connectivity index is 2.79. The summed E-state index contributed by atoms with van der Waals surface area (Å²) in [4.78, 5) is 12.9. The lowest BCUT2D eigenvalue weighted by atomic mass is 9.96. The summed E-state index contributed by atoms with van der Waals surface area (Å²) in [5.41, 5.74) is 1.02. The van der Waals surface area contributed by atoms with Crippen LogP contribution in [0.5, 0.6) is 5.75 Å². The summed E-state index contributed by atoms with van der Waals surface area (Å²) in [6.07, 6.45) is 4.87. The molecule has 4 nitrogen and oxygen atoms in total. The van der Waals surface area contributed by atoms with E-state index in [9.17, 15) is 4.79 Å². The minimum absolute atomic E-state index is 0.0719. The Hall–Kier alpha value is -1.55. The van der Waals surface area contributed by atoms with E-state index in [2.05, 4.69) is 33.0 Å². The molecule has 0 aliphatic carbocycles. The van der Waals surface area contributed by atoms with Gasteiger partial charge in [-0.15, -0.1) is 0 Å². The van der Waals surface area contributed by atoms with Crippen molar-refractivity contribution in [3.63, 3.8) is 0 Å². The van der Waals surface area contributed by atoms with Crippen molar-refractivity contribution in [1.82, 2.24) is 0 Å². The topological polar surface area (TPSA) is 47.6 Å². The van der Waals surface area contributed by atoms with Gasteiger partial charge in [-0.3, -0.25) is 4.79 Å². The maximum Gasteiger partial charge on any atom is 0.256 e. The predicted octanol–water partition coefficient (Wildman–Crippen LogP) is 5.73. The molecule has 0 radical (unpaired) electrons. The van der Waals surface area contributed by atoms with Gasteiger partial charge >= 0.3 is 0 Å². The van der Waals surface area contributed by atoms with Crippen molar-refractivity contribution in [2.75, 3.05) is 18.5 Å². The summed E-state index contributed by atoms with van der Waals surface area (Å²) in [5.74, 6) is 1.27. The second kappa shape index (κ2) is 11.2. The van der Waals surface area contributed by atoms with Crippen molar-refractivity contribution in [1.29, 1.82) is 0 Å². The maximum atomic E-state index is 12.9. The molecule has 0 aliphatic heterocycles. The summed E-state index contributed by atoms with van der Waals surface area (Å²) in [5, 5.41) is 3.03. The number of nitrogens with one attached hydrogen (secondary N) is 1. The van der Waals surface area contributed by atoms with Crippen molar-refractivity contribution < 1.29 is 14.3 Å². The van der Waals surface area contributed by atoms with Crippen LogP contribution in [-0.4, -0.2) is 24.7 Å². The number of anilines is 1. The average Bonchev–Trinajstić information content (AvgIpc) is 2.59. The number of rotatable bonds is 12. The van der Waals surface area contributed by atoms with Crippen molar-refractivity contribution in [2.24, 2.45) is 5.92 Å². The molecule has 0 aliphatic rings. The molecule has 148 valence electrons. The first kappa shape index (κ1) is 22.5. The number of amides is 1. The minimum Gasteiger partial charge on any atom is -0.493 e. The molecule has 0 spiro atoms. The van der Waals surface area contributed by atoms with Crippen LogP contribution >= 0.6 is 0 Å². The van der Waals surface area contributed by atoms with E-state index in [0.29, 0.717) is 19.1 Å². The zero-order chi connectivity index (χ0) is 19.6. The Kier molecular flexibility index (Phi) is 9.71. The fraction of sp³-hybridized carbons (Fsp3) is 0.682. The van der Waals surface area contributed by atoms with Gasteiger partial charge in [0.05, 0.1) is 6.61 Å². The van der Waals surface area contributed by atoms with E-state index in [-0.39, 0.29) is 5.91 Å². The van der Waals surface area contributed by atoms with Gasteiger partial charge in [-0.2, -0.15) is 0 Å². The zero-order valence-electron chi connectivity index (χ0n) is 17.5. The summed E-state index contributed by atoms with van der Waals surface area (Å²) in [7, 11) is 0. The minimum atomic E-state index is -0.786. The normalized spacial score (nSPS) is 13.5. The first-order valence-corrected chi connectivity index (χ1v) is 10.0. The van der Waals surface area contributed by atoms with Crippen LogP contribution in [0.2, 0.25) is 0 Å². The summed E-state index contributed by atoms with van der Waals surface area (Å²) >= 11 is 0. The number of unbranched alkanes of at least 4 members (excludes halogenated alkanes) is 2. The van der Waals surface area contributed by atoms with E-state index in [1.165, 1.54) is 0 Å². The van der Waals surface area contributed by atoms with Crippen molar-refractivity contribution in [2.45, 2.75) is 79.2 Å². The van der Waals surface area contributed by atoms with Gasteiger partial charge in [0.2, 0.25) is 0 Å². The Morgan fingerprint density at radius 2 is 1.92 bits per heavy atom. The summed E-state index contributed by atoms with van der Waals surface area (Å²) < 4.78 is 11.7. The van der Waals surface area contributed by atoms with Crippen LogP contribution in [0, 0.1) is 12.8 Å². The molecule has 1 unspecified atom stereocenters. The highest BCUT2D eigenvalue weighted by molar-refractivity contribution is 5.97. The molecular weight excluding hydrogens is 326 g/mol. The van der Waals surface area contributed by atoms with E-state index < -0.39 is 5.60 Å². The van der Waals surface area contributed by atoms with Crippen LogP contribution in [0.4, 0.5) is 5.69 Å². The maximum absolute atomic E-state index is 12.9. The quantitative estimate of drug-likeness (QED) is 0.482. The fourth-order valence-corrected chi connectivity index (χ4v) is 2.70. The van der Waals surface area contributed by atoms with Gasteiger partial charge < -0.3 is 14.8 Å². The highest BCUT2D eigenvalue weighted by atomic mass is 16.5. The third-order valence-electron chi connectivity index (χ3n) is 4.37. The first-order valence-electron chi connectivity index (χ1n) is 10.0. The molecule has 0 saturated carbocycles. The van der Waals surface area contributed by atoms with Gasteiger partial charge in [-0.25, -0.2) is 0 Å². The summed E-state index contributed by atoms with van der Waals surface area (Å²) in [6.45, 7) is 13.7. The van der Waals surface area contributed by atoms with Gasteiger partial charge in [0.15, 0.2) is 0 Å². The Labute approximate surface area is 159 Å². The predicted molar refractivity (Wildman–Crippen MR) is 109 cm³/mol. The number of carbonyl (C=O) groups excluding carboxylic acids is 1. The molecule has 1 aromatic rings. The third kappa shape index (κ3) is 7.36. The smallest absolute Gasteiger partial charge is 0.256 e. The SMILES string of the molecule is CCCCCC(C)(OCCC)C(=O)Nc1ccc(OCC(C)C)c(C)c1. The van der Waals surface area contributed by atoms with E-state index in [1.807, 2.05) is 32.0 Å². The molecule has 1 amide bonds. The lowest BCUT2D eigenvalue weighted by Crippen LogP contribution is -2.43. The fourth-order valence-electron chi connectivity index (χ4n) is 2.70. The van der Waals surface area contributed by atoms with Crippen molar-refractivity contribution in [3.05, 3.63) is 23.8 Å². The highest BCUT2D eigenvalue weighted by Gasteiger charge is 2.33. The summed E-state index contributed by atoms with van der Waals surface area (Å²) in [6, 6.07) is 5.78. The highest BCUT2D eigenvalue weighted by Crippen LogP contribution is 2.26. The molecule has 1 aromatic carbocycles. The van der Waals surface area contributed by atoms with E-state index in [1.54, 1.807) is 0 Å². The van der Waals surface area contributed by atoms with E-state index in [4.69, 9.17) is 9.47 Å². The molecular formula is C22H37NO3. The molecule has 0 saturated heterocycles. The lowest BCUT2D eigenvalue weighted by molar-refractivity contribution is -0.140. The molecule has 1 rings (SSSR count). The molecule has 0 bridgehead atoms. The van der Waals surface area contributed by atoms with Crippen LogP contribution in [-0.2, 0) is 9.53 Å². The molecule has 26 heavy (non-hydrogen) atoms. The number of carbonyl (C=O) groups is 1. The lowest BCUT2D eigenvalue weighted by Gasteiger charge is -2.29. The van der Waals surface area contributed by atoms with Crippen LogP contribution in [0.25, 0.3) is 0 Å². The second-order valence-corrected chi connectivity index (χ2v) is 7.68. The van der Waals surface area contributed by atoms with Gasteiger partial charge in [-0.05, 0) is 56.4 Å². The Bertz CT molecular complexity index is 556. The molecule has 0 heterocycles. The van der Waals surface area contributed by atoms with Crippen LogP contribution in [0.1, 0.15) is 72.3 Å².